The average Bonchev–Trinajstić information content (AvgIpc) is 2.61. The molecule has 0 aliphatic carbocycles. The van der Waals surface area contributed by atoms with Gasteiger partial charge in [0, 0.05) is 0 Å². The highest BCUT2D eigenvalue weighted by atomic mass is 16.5. The molecule has 0 saturated carbocycles. The fraction of sp³-hybridized carbons (Fsp3) is 0.227. The van der Waals surface area contributed by atoms with Gasteiger partial charge in [-0.3, -0.25) is 4.79 Å². The number of hydrogen-bond acceptors (Lipinski definition) is 2. The van der Waals surface area contributed by atoms with Gasteiger partial charge >= 0.3 is 0 Å². The molecule has 0 spiro atoms. The first kappa shape index (κ1) is 17.0. The SMILES string of the molecule is Cc1cccc(OC(C)C(=O)NC(C)c2ccc3ccccc3c2)c1. The number of benzene rings is 3. The Morgan fingerprint density at radius 2 is 1.68 bits per heavy atom. The van der Waals surface area contributed by atoms with Crippen molar-refractivity contribution >= 4 is 16.7 Å². The molecule has 0 bridgehead atoms. The molecule has 25 heavy (non-hydrogen) atoms. The van der Waals surface area contributed by atoms with Crippen LogP contribution in [0.25, 0.3) is 10.8 Å². The number of fused-ring (bicyclic) bond motifs is 1. The molecule has 0 fully saturated rings. The van der Waals surface area contributed by atoms with Gasteiger partial charge in [-0.1, -0.05) is 48.5 Å². The number of carbonyl (C=O) groups excluding carboxylic acids is 1. The summed E-state index contributed by atoms with van der Waals surface area (Å²) in [4.78, 5) is 12.4. The first-order chi connectivity index (χ1) is 12.0. The van der Waals surface area contributed by atoms with Gasteiger partial charge in [0.15, 0.2) is 6.10 Å². The van der Waals surface area contributed by atoms with Crippen molar-refractivity contribution in [3.05, 3.63) is 77.9 Å². The molecule has 0 radical (unpaired) electrons. The molecule has 3 heteroatoms. The van der Waals surface area contributed by atoms with Gasteiger partial charge < -0.3 is 10.1 Å². The molecule has 3 nitrogen and oxygen atoms in total. The Balaban J connectivity index is 1.66. The van der Waals surface area contributed by atoms with Crippen molar-refractivity contribution in [1.29, 1.82) is 0 Å². The van der Waals surface area contributed by atoms with Gasteiger partial charge in [0.2, 0.25) is 0 Å². The lowest BCUT2D eigenvalue weighted by Gasteiger charge is -2.19. The van der Waals surface area contributed by atoms with Gasteiger partial charge in [0.05, 0.1) is 6.04 Å². The number of nitrogens with one attached hydrogen (secondary N) is 1. The monoisotopic (exact) mass is 333 g/mol. The van der Waals surface area contributed by atoms with E-state index in [9.17, 15) is 4.79 Å². The normalized spacial score (nSPS) is 13.2. The summed E-state index contributed by atoms with van der Waals surface area (Å²) in [6.45, 7) is 5.76. The molecular weight excluding hydrogens is 310 g/mol. The predicted octanol–water partition coefficient (Wildman–Crippen LogP) is 4.79. The van der Waals surface area contributed by atoms with Gasteiger partial charge in [-0.25, -0.2) is 0 Å². The highest BCUT2D eigenvalue weighted by Crippen LogP contribution is 2.21. The van der Waals surface area contributed by atoms with E-state index in [1.165, 1.54) is 10.8 Å². The predicted molar refractivity (Wildman–Crippen MR) is 102 cm³/mol. The maximum Gasteiger partial charge on any atom is 0.261 e. The van der Waals surface area contributed by atoms with Crippen LogP contribution in [0.3, 0.4) is 0 Å². The van der Waals surface area contributed by atoms with Crippen LogP contribution in [0, 0.1) is 6.92 Å². The van der Waals surface area contributed by atoms with Crippen LogP contribution >= 0.6 is 0 Å². The summed E-state index contributed by atoms with van der Waals surface area (Å²) in [5.74, 6) is 0.586. The van der Waals surface area contributed by atoms with E-state index in [1.807, 2.05) is 50.2 Å². The lowest BCUT2D eigenvalue weighted by Crippen LogP contribution is -2.37. The van der Waals surface area contributed by atoms with Crippen LogP contribution in [-0.2, 0) is 4.79 Å². The molecule has 0 saturated heterocycles. The van der Waals surface area contributed by atoms with Gasteiger partial charge in [0.1, 0.15) is 5.75 Å². The van der Waals surface area contributed by atoms with E-state index in [-0.39, 0.29) is 11.9 Å². The number of rotatable bonds is 5. The maximum absolute atomic E-state index is 12.4. The van der Waals surface area contributed by atoms with Gasteiger partial charge in [-0.05, 0) is 60.9 Å². The molecule has 0 heterocycles. The van der Waals surface area contributed by atoms with Crippen molar-refractivity contribution < 1.29 is 9.53 Å². The van der Waals surface area contributed by atoms with Crippen LogP contribution in [0.4, 0.5) is 0 Å². The van der Waals surface area contributed by atoms with E-state index in [0.29, 0.717) is 5.75 Å². The molecule has 1 N–H and O–H groups in total. The lowest BCUT2D eigenvalue weighted by molar-refractivity contribution is -0.127. The first-order valence-electron chi connectivity index (χ1n) is 8.55. The Kier molecular flexibility index (Phi) is 5.03. The van der Waals surface area contributed by atoms with E-state index >= 15 is 0 Å². The van der Waals surface area contributed by atoms with Gasteiger partial charge in [-0.15, -0.1) is 0 Å². The smallest absolute Gasteiger partial charge is 0.261 e. The highest BCUT2D eigenvalue weighted by molar-refractivity contribution is 5.84. The van der Waals surface area contributed by atoms with Gasteiger partial charge in [-0.2, -0.15) is 0 Å². The second-order valence-corrected chi connectivity index (χ2v) is 6.41. The summed E-state index contributed by atoms with van der Waals surface area (Å²) in [5, 5.41) is 5.40. The third-order valence-corrected chi connectivity index (χ3v) is 4.30. The molecule has 3 aromatic rings. The number of carbonyl (C=O) groups is 1. The molecule has 128 valence electrons. The minimum Gasteiger partial charge on any atom is -0.481 e. The average molecular weight is 333 g/mol. The van der Waals surface area contributed by atoms with Crippen molar-refractivity contribution in [2.45, 2.75) is 32.9 Å². The molecular formula is C22H23NO2. The van der Waals surface area contributed by atoms with Crippen LogP contribution in [-0.4, -0.2) is 12.0 Å². The van der Waals surface area contributed by atoms with E-state index in [0.717, 1.165) is 11.1 Å². The van der Waals surface area contributed by atoms with Crippen molar-refractivity contribution in [2.75, 3.05) is 0 Å². The molecule has 2 atom stereocenters. The zero-order chi connectivity index (χ0) is 17.8. The third-order valence-electron chi connectivity index (χ3n) is 4.30. The summed E-state index contributed by atoms with van der Waals surface area (Å²) in [6, 6.07) is 22.1. The molecule has 1 amide bonds. The summed E-state index contributed by atoms with van der Waals surface area (Å²) < 4.78 is 5.75. The second-order valence-electron chi connectivity index (χ2n) is 6.41. The zero-order valence-corrected chi connectivity index (χ0v) is 14.8. The van der Waals surface area contributed by atoms with E-state index in [1.54, 1.807) is 6.92 Å². The van der Waals surface area contributed by atoms with Crippen molar-refractivity contribution in [1.82, 2.24) is 5.32 Å². The molecule has 3 aromatic carbocycles. The zero-order valence-electron chi connectivity index (χ0n) is 14.8. The minimum atomic E-state index is -0.551. The van der Waals surface area contributed by atoms with Crippen molar-refractivity contribution in [2.24, 2.45) is 0 Å². The third kappa shape index (κ3) is 4.18. The van der Waals surface area contributed by atoms with Crippen LogP contribution < -0.4 is 10.1 Å². The largest absolute Gasteiger partial charge is 0.481 e. The van der Waals surface area contributed by atoms with Crippen LogP contribution in [0.1, 0.15) is 31.0 Å². The maximum atomic E-state index is 12.4. The van der Waals surface area contributed by atoms with Crippen molar-refractivity contribution in [3.8, 4) is 5.75 Å². The molecule has 2 unspecified atom stereocenters. The quantitative estimate of drug-likeness (QED) is 0.729. The van der Waals surface area contributed by atoms with Crippen LogP contribution in [0.5, 0.6) is 5.75 Å². The van der Waals surface area contributed by atoms with E-state index < -0.39 is 6.10 Å². The topological polar surface area (TPSA) is 38.3 Å². The fourth-order valence-corrected chi connectivity index (χ4v) is 2.84. The lowest BCUT2D eigenvalue weighted by atomic mass is 10.0. The Bertz CT molecular complexity index is 888. The highest BCUT2D eigenvalue weighted by Gasteiger charge is 2.18. The van der Waals surface area contributed by atoms with E-state index in [4.69, 9.17) is 4.74 Å². The number of amides is 1. The number of hydrogen-bond donors (Lipinski definition) is 1. The molecule has 3 rings (SSSR count). The Morgan fingerprint density at radius 3 is 2.44 bits per heavy atom. The molecule has 0 aliphatic heterocycles. The number of ether oxygens (including phenoxy) is 1. The number of aryl methyl sites for hydroxylation is 1. The molecule has 0 aromatic heterocycles. The Morgan fingerprint density at radius 1 is 0.920 bits per heavy atom. The summed E-state index contributed by atoms with van der Waals surface area (Å²) in [7, 11) is 0. The summed E-state index contributed by atoms with van der Waals surface area (Å²) in [5.41, 5.74) is 2.18. The fourth-order valence-electron chi connectivity index (χ4n) is 2.84. The molecule has 0 aliphatic rings. The first-order valence-corrected chi connectivity index (χ1v) is 8.55. The Labute approximate surface area is 148 Å². The second kappa shape index (κ2) is 7.39. The van der Waals surface area contributed by atoms with Crippen LogP contribution in [0.2, 0.25) is 0 Å². The van der Waals surface area contributed by atoms with Crippen LogP contribution in [0.15, 0.2) is 66.7 Å². The Hall–Kier alpha value is -2.81. The van der Waals surface area contributed by atoms with Crippen molar-refractivity contribution in [3.63, 3.8) is 0 Å². The minimum absolute atomic E-state index is 0.0827. The van der Waals surface area contributed by atoms with Gasteiger partial charge in [0.25, 0.3) is 5.91 Å². The van der Waals surface area contributed by atoms with E-state index in [2.05, 4.69) is 35.6 Å². The summed E-state index contributed by atoms with van der Waals surface area (Å²) >= 11 is 0. The summed E-state index contributed by atoms with van der Waals surface area (Å²) in [6.07, 6.45) is -0.551. The standard InChI is InChI=1S/C22H23NO2/c1-15-7-6-10-21(13-15)25-17(3)22(24)23-16(2)19-12-11-18-8-4-5-9-20(18)14-19/h4-14,16-17H,1-3H3,(H,23,24).